The van der Waals surface area contributed by atoms with Gasteiger partial charge in [0.1, 0.15) is 5.65 Å². The van der Waals surface area contributed by atoms with Crippen LogP contribution in [0.1, 0.15) is 22.8 Å². The Morgan fingerprint density at radius 3 is 2.73 bits per heavy atom. The second kappa shape index (κ2) is 6.92. The molecule has 26 heavy (non-hydrogen) atoms. The number of hydrogen-bond donors (Lipinski definition) is 1. The maximum atomic E-state index is 12.8. The van der Waals surface area contributed by atoms with Gasteiger partial charge in [-0.15, -0.1) is 0 Å². The average molecular weight is 348 g/mol. The summed E-state index contributed by atoms with van der Waals surface area (Å²) in [5, 5.41) is 1.15. The first kappa shape index (κ1) is 16.8. The second-order valence-electron chi connectivity index (χ2n) is 6.96. The zero-order valence-corrected chi connectivity index (χ0v) is 15.3. The summed E-state index contributed by atoms with van der Waals surface area (Å²) >= 11 is 0. The van der Waals surface area contributed by atoms with Crippen LogP contribution in [0, 0.1) is 0 Å². The highest BCUT2D eigenvalue weighted by Crippen LogP contribution is 2.26. The van der Waals surface area contributed by atoms with Gasteiger partial charge >= 0.3 is 0 Å². The van der Waals surface area contributed by atoms with E-state index in [4.69, 9.17) is 0 Å². The number of likely N-dealkylation sites (N-methyl/N-ethyl adjacent to an activating group) is 1. The largest absolute Gasteiger partial charge is 0.346 e. The summed E-state index contributed by atoms with van der Waals surface area (Å²) in [4.78, 5) is 24.8. The van der Waals surface area contributed by atoms with Crippen molar-refractivity contribution in [2.24, 2.45) is 0 Å². The molecule has 1 saturated heterocycles. The summed E-state index contributed by atoms with van der Waals surface area (Å²) in [6.45, 7) is 5.58. The number of pyridine rings is 1. The predicted molar refractivity (Wildman–Crippen MR) is 104 cm³/mol. The van der Waals surface area contributed by atoms with Crippen LogP contribution in [0.4, 0.5) is 0 Å². The fourth-order valence-electron chi connectivity index (χ4n) is 3.53. The van der Waals surface area contributed by atoms with Crippen molar-refractivity contribution in [3.05, 3.63) is 53.9 Å². The monoisotopic (exact) mass is 348 g/mol. The second-order valence-corrected chi connectivity index (χ2v) is 6.96. The molecule has 3 aromatic rings. The third-order valence-corrected chi connectivity index (χ3v) is 5.23. The van der Waals surface area contributed by atoms with Gasteiger partial charge in [0, 0.05) is 55.1 Å². The Bertz CT molecular complexity index is 938. The van der Waals surface area contributed by atoms with Gasteiger partial charge in [-0.2, -0.15) is 0 Å². The average Bonchev–Trinajstić information content (AvgIpc) is 3.10. The molecule has 134 valence electrons. The molecule has 1 amide bonds. The number of hydrogen-bond acceptors (Lipinski definition) is 3. The molecular formula is C21H24N4O. The fourth-order valence-corrected chi connectivity index (χ4v) is 3.53. The highest BCUT2D eigenvalue weighted by Gasteiger charge is 2.20. The highest BCUT2D eigenvalue weighted by atomic mass is 16.2. The van der Waals surface area contributed by atoms with Crippen molar-refractivity contribution >= 4 is 16.9 Å². The summed E-state index contributed by atoms with van der Waals surface area (Å²) in [7, 11) is 2.09. The number of amides is 1. The van der Waals surface area contributed by atoms with E-state index in [1.807, 2.05) is 41.6 Å². The van der Waals surface area contributed by atoms with Gasteiger partial charge in [0.15, 0.2) is 0 Å². The topological polar surface area (TPSA) is 52.2 Å². The number of nitrogens with zero attached hydrogens (tertiary/aromatic N) is 3. The lowest BCUT2D eigenvalue weighted by Crippen LogP contribution is -2.47. The van der Waals surface area contributed by atoms with E-state index in [9.17, 15) is 4.79 Å². The van der Waals surface area contributed by atoms with Crippen LogP contribution in [0.15, 0.2) is 42.7 Å². The lowest BCUT2D eigenvalue weighted by Gasteiger charge is -2.32. The van der Waals surface area contributed by atoms with Gasteiger partial charge in [0.2, 0.25) is 0 Å². The summed E-state index contributed by atoms with van der Waals surface area (Å²) in [5.74, 6) is 0.116. The Morgan fingerprint density at radius 1 is 1.15 bits per heavy atom. The Morgan fingerprint density at radius 2 is 1.96 bits per heavy atom. The fraction of sp³-hybridized carbons (Fsp3) is 0.333. The molecule has 3 heterocycles. The molecular weight excluding hydrogens is 324 g/mol. The van der Waals surface area contributed by atoms with Gasteiger partial charge in [0.05, 0.1) is 0 Å². The maximum absolute atomic E-state index is 12.8. The maximum Gasteiger partial charge on any atom is 0.253 e. The van der Waals surface area contributed by atoms with E-state index in [1.165, 1.54) is 5.56 Å². The van der Waals surface area contributed by atoms with E-state index in [0.717, 1.165) is 60.3 Å². The summed E-state index contributed by atoms with van der Waals surface area (Å²) in [6.07, 6.45) is 4.86. The number of carbonyl (C=O) groups is 1. The Labute approximate surface area is 153 Å². The number of rotatable bonds is 3. The molecule has 0 spiro atoms. The molecule has 1 fully saturated rings. The number of carbonyl (C=O) groups excluding carboxylic acids is 1. The number of benzene rings is 1. The number of aryl methyl sites for hydroxylation is 1. The number of nitrogens with one attached hydrogen (secondary N) is 1. The molecule has 1 N–H and O–H groups in total. The number of aromatic nitrogens is 2. The van der Waals surface area contributed by atoms with Crippen LogP contribution in [0.2, 0.25) is 0 Å². The summed E-state index contributed by atoms with van der Waals surface area (Å²) in [5.41, 5.74) is 4.99. The van der Waals surface area contributed by atoms with Crippen LogP contribution in [0.3, 0.4) is 0 Å². The van der Waals surface area contributed by atoms with Crippen LogP contribution >= 0.6 is 0 Å². The molecule has 0 unspecified atom stereocenters. The molecule has 1 aromatic carbocycles. The molecule has 1 aliphatic rings. The molecule has 5 heteroatoms. The van der Waals surface area contributed by atoms with E-state index in [1.54, 1.807) is 0 Å². The third kappa shape index (κ3) is 3.10. The minimum Gasteiger partial charge on any atom is -0.346 e. The standard InChI is InChI=1S/C21H24N4O/c1-3-15-13-22-20-19(15)12-18(14-23-20)16-5-4-6-17(11-16)21(26)25-9-7-24(2)8-10-25/h4-6,11-14H,3,7-10H2,1-2H3,(H,22,23). The smallest absolute Gasteiger partial charge is 0.253 e. The third-order valence-electron chi connectivity index (χ3n) is 5.23. The lowest BCUT2D eigenvalue weighted by molar-refractivity contribution is 0.0664. The van der Waals surface area contributed by atoms with E-state index in [2.05, 4.69) is 34.9 Å². The first-order valence-electron chi connectivity index (χ1n) is 9.20. The van der Waals surface area contributed by atoms with Gasteiger partial charge in [-0.1, -0.05) is 19.1 Å². The van der Waals surface area contributed by atoms with Crippen LogP contribution in [0.5, 0.6) is 0 Å². The van der Waals surface area contributed by atoms with Crippen LogP contribution < -0.4 is 0 Å². The van der Waals surface area contributed by atoms with Crippen LogP contribution in [-0.2, 0) is 6.42 Å². The predicted octanol–water partition coefficient (Wildman–Crippen LogP) is 3.18. The quantitative estimate of drug-likeness (QED) is 0.791. The number of aromatic amines is 1. The SMILES string of the molecule is CCc1c[nH]c2ncc(-c3cccc(C(=O)N4CCN(C)CC4)c3)cc12. The number of fused-ring (bicyclic) bond motifs is 1. The van der Waals surface area contributed by atoms with Crippen molar-refractivity contribution in [1.82, 2.24) is 19.8 Å². The van der Waals surface area contributed by atoms with Crippen LogP contribution in [-0.4, -0.2) is 58.9 Å². The van der Waals surface area contributed by atoms with Gasteiger partial charge in [0.25, 0.3) is 5.91 Å². The van der Waals surface area contributed by atoms with Gasteiger partial charge < -0.3 is 14.8 Å². The zero-order chi connectivity index (χ0) is 18.1. The zero-order valence-electron chi connectivity index (χ0n) is 15.3. The molecule has 4 rings (SSSR count). The molecule has 5 nitrogen and oxygen atoms in total. The molecule has 2 aromatic heterocycles. The molecule has 0 aliphatic carbocycles. The van der Waals surface area contributed by atoms with Gasteiger partial charge in [-0.05, 0) is 42.8 Å². The first-order chi connectivity index (χ1) is 12.7. The van der Waals surface area contributed by atoms with E-state index >= 15 is 0 Å². The van der Waals surface area contributed by atoms with Gasteiger partial charge in [-0.25, -0.2) is 4.98 Å². The number of H-pyrrole nitrogens is 1. The van der Waals surface area contributed by atoms with Crippen molar-refractivity contribution in [3.63, 3.8) is 0 Å². The summed E-state index contributed by atoms with van der Waals surface area (Å²) < 4.78 is 0. The van der Waals surface area contributed by atoms with Crippen LogP contribution in [0.25, 0.3) is 22.2 Å². The van der Waals surface area contributed by atoms with Crippen molar-refractivity contribution in [2.75, 3.05) is 33.2 Å². The molecule has 0 atom stereocenters. The van der Waals surface area contributed by atoms with E-state index in [-0.39, 0.29) is 5.91 Å². The van der Waals surface area contributed by atoms with E-state index < -0.39 is 0 Å². The lowest BCUT2D eigenvalue weighted by atomic mass is 10.0. The van der Waals surface area contributed by atoms with Crippen molar-refractivity contribution in [2.45, 2.75) is 13.3 Å². The molecule has 0 radical (unpaired) electrons. The van der Waals surface area contributed by atoms with E-state index in [0.29, 0.717) is 0 Å². The van der Waals surface area contributed by atoms with Crippen molar-refractivity contribution in [3.8, 4) is 11.1 Å². The highest BCUT2D eigenvalue weighted by molar-refractivity contribution is 5.96. The normalized spacial score (nSPS) is 15.5. The molecule has 0 saturated carbocycles. The first-order valence-corrected chi connectivity index (χ1v) is 9.20. The Hall–Kier alpha value is -2.66. The molecule has 0 bridgehead atoms. The minimum absolute atomic E-state index is 0.116. The summed E-state index contributed by atoms with van der Waals surface area (Å²) in [6, 6.07) is 10.1. The minimum atomic E-state index is 0.116. The Balaban J connectivity index is 1.64. The molecule has 1 aliphatic heterocycles. The van der Waals surface area contributed by atoms with Gasteiger partial charge in [-0.3, -0.25) is 4.79 Å². The Kier molecular flexibility index (Phi) is 4.47. The number of piperazine rings is 1. The van der Waals surface area contributed by atoms with Crippen molar-refractivity contribution < 1.29 is 4.79 Å². The van der Waals surface area contributed by atoms with Crippen molar-refractivity contribution in [1.29, 1.82) is 0 Å².